The highest BCUT2D eigenvalue weighted by molar-refractivity contribution is 7.71. The Morgan fingerprint density at radius 1 is 1.56 bits per heavy atom. The molecule has 1 N–H and O–H groups in total. The van der Waals surface area contributed by atoms with Crippen LogP contribution in [0.5, 0.6) is 0 Å². The van der Waals surface area contributed by atoms with Gasteiger partial charge in [0, 0.05) is 6.42 Å². The second kappa shape index (κ2) is 4.35. The zero-order valence-electron chi connectivity index (χ0n) is 8.50. The number of hydrogen-bond donors (Lipinski definition) is 1. The molecule has 0 aliphatic carbocycles. The molecule has 1 aromatic heterocycles. The van der Waals surface area contributed by atoms with Crippen LogP contribution in [0, 0.1) is 10.6 Å². The van der Waals surface area contributed by atoms with Crippen LogP contribution in [0.3, 0.4) is 0 Å². The van der Waals surface area contributed by atoms with E-state index in [4.69, 9.17) is 23.8 Å². The molecule has 0 saturated carbocycles. The fraction of sp³-hybridized carbons (Fsp3) is 0.200. The summed E-state index contributed by atoms with van der Waals surface area (Å²) in [5, 5.41) is 6.84. The molecule has 2 aromatic rings. The number of aromatic nitrogens is 3. The van der Waals surface area contributed by atoms with Crippen molar-refractivity contribution in [1.29, 1.82) is 0 Å². The summed E-state index contributed by atoms with van der Waals surface area (Å²) in [7, 11) is 0. The van der Waals surface area contributed by atoms with E-state index < -0.39 is 5.82 Å². The lowest BCUT2D eigenvalue weighted by atomic mass is 10.3. The monoisotopic (exact) mass is 257 g/mol. The van der Waals surface area contributed by atoms with E-state index in [2.05, 4.69) is 10.2 Å². The number of aryl methyl sites for hydroxylation is 1. The fourth-order valence-electron chi connectivity index (χ4n) is 1.46. The van der Waals surface area contributed by atoms with Gasteiger partial charge in [0.15, 0.2) is 4.77 Å². The fourth-order valence-corrected chi connectivity index (χ4v) is 1.89. The number of nitrogens with zero attached hydrogens (tertiary/aromatic N) is 2. The molecule has 0 bridgehead atoms. The van der Waals surface area contributed by atoms with Crippen molar-refractivity contribution in [2.75, 3.05) is 0 Å². The Hall–Kier alpha value is -1.20. The van der Waals surface area contributed by atoms with Crippen LogP contribution >= 0.6 is 23.8 Å². The molecule has 0 unspecified atom stereocenters. The van der Waals surface area contributed by atoms with Gasteiger partial charge in [-0.15, -0.1) is 0 Å². The minimum absolute atomic E-state index is 0.0719. The number of hydrogen-bond acceptors (Lipinski definition) is 2. The van der Waals surface area contributed by atoms with Crippen molar-refractivity contribution in [3.8, 4) is 5.69 Å². The maximum Gasteiger partial charge on any atom is 0.199 e. The van der Waals surface area contributed by atoms with Crippen LogP contribution in [-0.4, -0.2) is 14.8 Å². The van der Waals surface area contributed by atoms with Crippen molar-refractivity contribution in [3.63, 3.8) is 0 Å². The van der Waals surface area contributed by atoms with Crippen molar-refractivity contribution in [1.82, 2.24) is 14.8 Å². The van der Waals surface area contributed by atoms with Gasteiger partial charge in [-0.2, -0.15) is 5.10 Å². The average Bonchev–Trinajstić information content (AvgIpc) is 2.64. The van der Waals surface area contributed by atoms with E-state index in [1.54, 1.807) is 10.6 Å². The Labute approximate surface area is 102 Å². The number of halogens is 2. The van der Waals surface area contributed by atoms with E-state index in [0.29, 0.717) is 10.5 Å². The van der Waals surface area contributed by atoms with Gasteiger partial charge in [-0.05, 0) is 30.4 Å². The quantitative estimate of drug-likeness (QED) is 0.838. The molecule has 0 saturated heterocycles. The topological polar surface area (TPSA) is 33.6 Å². The number of benzene rings is 1. The largest absolute Gasteiger partial charge is 0.272 e. The molecule has 0 amide bonds. The molecule has 0 aliphatic heterocycles. The molecule has 16 heavy (non-hydrogen) atoms. The van der Waals surface area contributed by atoms with Gasteiger partial charge < -0.3 is 0 Å². The van der Waals surface area contributed by atoms with Crippen molar-refractivity contribution < 1.29 is 4.39 Å². The predicted molar refractivity (Wildman–Crippen MR) is 63.1 cm³/mol. The lowest BCUT2D eigenvalue weighted by Crippen LogP contribution is -2.00. The summed E-state index contributed by atoms with van der Waals surface area (Å²) >= 11 is 10.8. The van der Waals surface area contributed by atoms with Crippen LogP contribution in [0.1, 0.15) is 12.7 Å². The first-order valence-electron chi connectivity index (χ1n) is 4.75. The second-order valence-corrected chi connectivity index (χ2v) is 4.03. The van der Waals surface area contributed by atoms with Crippen molar-refractivity contribution in [3.05, 3.63) is 39.6 Å². The lowest BCUT2D eigenvalue weighted by Gasteiger charge is -2.05. The Kier molecular flexibility index (Phi) is 3.07. The summed E-state index contributed by atoms with van der Waals surface area (Å²) in [6.45, 7) is 1.96. The Balaban J connectivity index is 2.62. The smallest absolute Gasteiger partial charge is 0.199 e. The summed E-state index contributed by atoms with van der Waals surface area (Å²) in [5.74, 6) is 0.339. The minimum Gasteiger partial charge on any atom is -0.272 e. The van der Waals surface area contributed by atoms with E-state index >= 15 is 0 Å². The zero-order valence-corrected chi connectivity index (χ0v) is 10.1. The molecule has 1 heterocycles. The maximum atomic E-state index is 13.0. The summed E-state index contributed by atoms with van der Waals surface area (Å²) in [6, 6.07) is 4.46. The van der Waals surface area contributed by atoms with Gasteiger partial charge in [0.2, 0.25) is 0 Å². The van der Waals surface area contributed by atoms with Crippen LogP contribution in [0.4, 0.5) is 4.39 Å². The van der Waals surface area contributed by atoms with Crippen LogP contribution in [0.15, 0.2) is 18.2 Å². The van der Waals surface area contributed by atoms with E-state index in [9.17, 15) is 4.39 Å². The van der Waals surface area contributed by atoms with Crippen molar-refractivity contribution in [2.45, 2.75) is 13.3 Å². The zero-order chi connectivity index (χ0) is 11.7. The molecule has 0 aliphatic rings. The molecule has 0 spiro atoms. The Morgan fingerprint density at radius 3 is 2.94 bits per heavy atom. The third kappa shape index (κ3) is 1.88. The van der Waals surface area contributed by atoms with Gasteiger partial charge in [0.05, 0.1) is 10.7 Å². The van der Waals surface area contributed by atoms with Crippen LogP contribution in [-0.2, 0) is 6.42 Å². The Bertz CT molecular complexity index is 576. The first-order chi connectivity index (χ1) is 7.63. The summed E-state index contributed by atoms with van der Waals surface area (Å²) in [4.78, 5) is 0. The number of rotatable bonds is 2. The molecule has 84 valence electrons. The number of aromatic amines is 1. The molecular weight excluding hydrogens is 249 g/mol. The highest BCUT2D eigenvalue weighted by atomic mass is 35.5. The van der Waals surface area contributed by atoms with E-state index in [-0.39, 0.29) is 5.02 Å². The summed E-state index contributed by atoms with van der Waals surface area (Å²) < 4.78 is 15.2. The van der Waals surface area contributed by atoms with Gasteiger partial charge in [-0.25, -0.2) is 4.39 Å². The standard InChI is InChI=1S/C10H9ClFN3S/c1-2-9-13-14-10(16)15(9)6-3-4-8(12)7(11)5-6/h3-5H,2H2,1H3,(H,14,16). The summed E-state index contributed by atoms with van der Waals surface area (Å²) in [6.07, 6.45) is 0.724. The van der Waals surface area contributed by atoms with E-state index in [0.717, 1.165) is 12.2 Å². The second-order valence-electron chi connectivity index (χ2n) is 3.23. The average molecular weight is 258 g/mol. The highest BCUT2D eigenvalue weighted by Crippen LogP contribution is 2.20. The Morgan fingerprint density at radius 2 is 2.31 bits per heavy atom. The lowest BCUT2D eigenvalue weighted by molar-refractivity contribution is 0.627. The maximum absolute atomic E-state index is 13.0. The number of nitrogens with one attached hydrogen (secondary N) is 1. The molecule has 0 radical (unpaired) electrons. The normalized spacial score (nSPS) is 10.7. The highest BCUT2D eigenvalue weighted by Gasteiger charge is 2.08. The third-order valence-electron chi connectivity index (χ3n) is 2.22. The first-order valence-corrected chi connectivity index (χ1v) is 5.54. The number of H-pyrrole nitrogens is 1. The minimum atomic E-state index is -0.446. The van der Waals surface area contributed by atoms with Crippen LogP contribution in [0.2, 0.25) is 5.02 Å². The SMILES string of the molecule is CCc1n[nH]c(=S)n1-c1ccc(F)c(Cl)c1. The van der Waals surface area contributed by atoms with Crippen LogP contribution in [0.25, 0.3) is 5.69 Å². The third-order valence-corrected chi connectivity index (χ3v) is 2.78. The van der Waals surface area contributed by atoms with Gasteiger partial charge in [-0.3, -0.25) is 9.67 Å². The van der Waals surface area contributed by atoms with Crippen LogP contribution < -0.4 is 0 Å². The predicted octanol–water partition coefficient (Wildman–Crippen LogP) is 3.28. The van der Waals surface area contributed by atoms with Gasteiger partial charge >= 0.3 is 0 Å². The van der Waals surface area contributed by atoms with E-state index in [1.165, 1.54) is 12.1 Å². The molecule has 6 heteroatoms. The molecular formula is C10H9ClFN3S. The molecule has 0 fully saturated rings. The molecule has 3 nitrogen and oxygen atoms in total. The van der Waals surface area contributed by atoms with Gasteiger partial charge in [0.1, 0.15) is 11.6 Å². The molecule has 0 atom stereocenters. The van der Waals surface area contributed by atoms with E-state index in [1.807, 2.05) is 6.92 Å². The summed E-state index contributed by atoms with van der Waals surface area (Å²) in [5.41, 5.74) is 0.710. The molecule has 2 rings (SSSR count). The molecule has 1 aromatic carbocycles. The van der Waals surface area contributed by atoms with Crippen molar-refractivity contribution in [2.24, 2.45) is 0 Å². The van der Waals surface area contributed by atoms with Gasteiger partial charge in [-0.1, -0.05) is 18.5 Å². The van der Waals surface area contributed by atoms with Crippen molar-refractivity contribution >= 4 is 23.8 Å². The first kappa shape index (κ1) is 11.3. The van der Waals surface area contributed by atoms with Gasteiger partial charge in [0.25, 0.3) is 0 Å².